The minimum absolute atomic E-state index is 0.114. The van der Waals surface area contributed by atoms with E-state index in [0.717, 1.165) is 5.56 Å². The lowest BCUT2D eigenvalue weighted by Gasteiger charge is -2.34. The maximum Gasteiger partial charge on any atom is 0.136 e. The number of nitrogens with zero attached hydrogens (tertiary/aromatic N) is 1. The lowest BCUT2D eigenvalue weighted by Crippen LogP contribution is -2.40. The van der Waals surface area contributed by atoms with Gasteiger partial charge in [-0.2, -0.15) is 5.26 Å². The van der Waals surface area contributed by atoms with Crippen molar-refractivity contribution in [2.45, 2.75) is 18.3 Å². The fourth-order valence-electron chi connectivity index (χ4n) is 1.76. The molecule has 1 aliphatic rings. The van der Waals surface area contributed by atoms with Crippen LogP contribution in [0.15, 0.2) is 18.2 Å². The molecule has 2 nitrogen and oxygen atoms in total. The molecule has 4 heteroatoms. The zero-order valence-electron chi connectivity index (χ0n) is 7.76. The summed E-state index contributed by atoms with van der Waals surface area (Å²) >= 11 is 11.7. The molecule has 15 heavy (non-hydrogen) atoms. The van der Waals surface area contributed by atoms with Gasteiger partial charge in [-0.05, 0) is 17.7 Å². The number of hydrogen-bond acceptors (Lipinski definition) is 2. The molecule has 0 atom stereocenters. The van der Waals surface area contributed by atoms with Crippen LogP contribution in [0.4, 0.5) is 0 Å². The number of hydrogen-bond donors (Lipinski definition) is 0. The molecule has 0 heterocycles. The molecule has 0 aliphatic heterocycles. The Balaban J connectivity index is 2.42. The molecule has 0 spiro atoms. The largest absolute Gasteiger partial charge is 0.300 e. The van der Waals surface area contributed by atoms with Crippen LogP contribution < -0.4 is 0 Å². The monoisotopic (exact) mass is 239 g/mol. The minimum atomic E-state index is -0.675. The van der Waals surface area contributed by atoms with Crippen LogP contribution in [0.1, 0.15) is 18.4 Å². The summed E-state index contributed by atoms with van der Waals surface area (Å²) in [5.74, 6) is 0.114. The van der Waals surface area contributed by atoms with E-state index in [1.54, 1.807) is 18.2 Å². The molecule has 1 aliphatic carbocycles. The maximum atomic E-state index is 11.0. The van der Waals surface area contributed by atoms with E-state index in [1.165, 1.54) is 0 Å². The van der Waals surface area contributed by atoms with Crippen LogP contribution in [0.5, 0.6) is 0 Å². The van der Waals surface area contributed by atoms with E-state index in [2.05, 4.69) is 6.07 Å². The molecule has 76 valence electrons. The molecule has 0 amide bonds. The Bertz CT molecular complexity index is 468. The highest BCUT2D eigenvalue weighted by Gasteiger charge is 2.45. The summed E-state index contributed by atoms with van der Waals surface area (Å²) in [4.78, 5) is 11.0. The number of ketones is 1. The van der Waals surface area contributed by atoms with E-state index in [-0.39, 0.29) is 18.6 Å². The maximum absolute atomic E-state index is 11.0. The second kappa shape index (κ2) is 3.52. The van der Waals surface area contributed by atoms with Crippen molar-refractivity contribution in [1.29, 1.82) is 5.26 Å². The first kappa shape index (κ1) is 10.5. The highest BCUT2D eigenvalue weighted by molar-refractivity contribution is 6.42. The van der Waals surface area contributed by atoms with Gasteiger partial charge in [-0.25, -0.2) is 0 Å². The number of Topliss-reactive ketones (excluding diaryl/α,β-unsaturated/α-hetero) is 1. The van der Waals surface area contributed by atoms with Gasteiger partial charge in [0.05, 0.1) is 21.5 Å². The summed E-state index contributed by atoms with van der Waals surface area (Å²) in [6.07, 6.45) is 0.558. The van der Waals surface area contributed by atoms with Gasteiger partial charge in [0.2, 0.25) is 0 Å². The zero-order valence-corrected chi connectivity index (χ0v) is 9.27. The molecule has 1 aromatic carbocycles. The highest BCUT2D eigenvalue weighted by atomic mass is 35.5. The fourth-order valence-corrected chi connectivity index (χ4v) is 2.06. The number of halogens is 2. The molecule has 0 radical (unpaired) electrons. The van der Waals surface area contributed by atoms with Crippen molar-refractivity contribution in [3.63, 3.8) is 0 Å². The molecular formula is C11H7Cl2NO. The third-order valence-electron chi connectivity index (χ3n) is 2.68. The Labute approximate surface area is 97.4 Å². The number of benzene rings is 1. The molecule has 1 saturated carbocycles. The van der Waals surface area contributed by atoms with E-state index < -0.39 is 5.41 Å². The van der Waals surface area contributed by atoms with Gasteiger partial charge in [0.1, 0.15) is 5.78 Å². The second-order valence-corrected chi connectivity index (χ2v) is 4.53. The molecule has 0 unspecified atom stereocenters. The van der Waals surface area contributed by atoms with Crippen molar-refractivity contribution in [2.75, 3.05) is 0 Å². The van der Waals surface area contributed by atoms with Crippen LogP contribution in [0, 0.1) is 11.3 Å². The molecule has 0 saturated heterocycles. The number of carbonyl (C=O) groups is 1. The number of nitriles is 1. The van der Waals surface area contributed by atoms with Crippen LogP contribution in [-0.2, 0) is 10.2 Å². The topological polar surface area (TPSA) is 40.9 Å². The average molecular weight is 240 g/mol. The highest BCUT2D eigenvalue weighted by Crippen LogP contribution is 2.42. The first-order valence-electron chi connectivity index (χ1n) is 4.46. The van der Waals surface area contributed by atoms with Gasteiger partial charge in [0, 0.05) is 12.8 Å². The van der Waals surface area contributed by atoms with Crippen LogP contribution in [0.2, 0.25) is 10.0 Å². The first-order chi connectivity index (χ1) is 7.07. The van der Waals surface area contributed by atoms with Crippen LogP contribution in [0.25, 0.3) is 0 Å². The lowest BCUT2D eigenvalue weighted by atomic mass is 9.65. The van der Waals surface area contributed by atoms with Crippen LogP contribution in [0.3, 0.4) is 0 Å². The van der Waals surface area contributed by atoms with Crippen LogP contribution >= 0.6 is 23.2 Å². The summed E-state index contributed by atoms with van der Waals surface area (Å²) in [5, 5.41) is 9.97. The summed E-state index contributed by atoms with van der Waals surface area (Å²) in [7, 11) is 0. The van der Waals surface area contributed by atoms with Gasteiger partial charge >= 0.3 is 0 Å². The summed E-state index contributed by atoms with van der Waals surface area (Å²) < 4.78 is 0. The SMILES string of the molecule is N#CC1(c2ccc(Cl)c(Cl)c2)CC(=O)C1. The van der Waals surface area contributed by atoms with Gasteiger partial charge in [0.15, 0.2) is 0 Å². The second-order valence-electron chi connectivity index (χ2n) is 3.72. The van der Waals surface area contributed by atoms with Crippen molar-refractivity contribution in [3.05, 3.63) is 33.8 Å². The summed E-state index contributed by atoms with van der Waals surface area (Å²) in [6, 6.07) is 7.26. The van der Waals surface area contributed by atoms with Crippen molar-refractivity contribution in [3.8, 4) is 6.07 Å². The van der Waals surface area contributed by atoms with E-state index in [9.17, 15) is 4.79 Å². The Morgan fingerprint density at radius 1 is 1.27 bits per heavy atom. The van der Waals surface area contributed by atoms with E-state index in [1.807, 2.05) is 0 Å². The first-order valence-corrected chi connectivity index (χ1v) is 5.21. The quantitative estimate of drug-likeness (QED) is 0.756. The number of rotatable bonds is 1. The molecule has 2 rings (SSSR count). The normalized spacial score (nSPS) is 18.1. The van der Waals surface area contributed by atoms with Gasteiger partial charge in [0.25, 0.3) is 0 Å². The molecular weight excluding hydrogens is 233 g/mol. The number of carbonyl (C=O) groups excluding carboxylic acids is 1. The van der Waals surface area contributed by atoms with Gasteiger partial charge in [-0.1, -0.05) is 29.3 Å². The smallest absolute Gasteiger partial charge is 0.136 e. The molecule has 0 bridgehead atoms. The van der Waals surface area contributed by atoms with Crippen molar-refractivity contribution >= 4 is 29.0 Å². The lowest BCUT2D eigenvalue weighted by molar-refractivity contribution is -0.126. The molecule has 0 N–H and O–H groups in total. The van der Waals surface area contributed by atoms with Crippen molar-refractivity contribution < 1.29 is 4.79 Å². The van der Waals surface area contributed by atoms with Gasteiger partial charge in [-0.3, -0.25) is 4.79 Å². The predicted molar refractivity (Wildman–Crippen MR) is 58.0 cm³/mol. The van der Waals surface area contributed by atoms with Crippen molar-refractivity contribution in [2.24, 2.45) is 0 Å². The standard InChI is InChI=1S/C11H7Cl2NO/c12-9-2-1-7(3-10(9)13)11(6-14)4-8(15)5-11/h1-3H,4-5H2. The Kier molecular flexibility index (Phi) is 2.46. The van der Waals surface area contributed by atoms with Gasteiger partial charge in [-0.15, -0.1) is 0 Å². The van der Waals surface area contributed by atoms with Crippen LogP contribution in [-0.4, -0.2) is 5.78 Å². The Morgan fingerprint density at radius 2 is 1.93 bits per heavy atom. The van der Waals surface area contributed by atoms with Gasteiger partial charge < -0.3 is 0 Å². The predicted octanol–water partition coefficient (Wildman–Crippen LogP) is 3.12. The third kappa shape index (κ3) is 1.62. The molecule has 0 aromatic heterocycles. The fraction of sp³-hybridized carbons (Fsp3) is 0.273. The third-order valence-corrected chi connectivity index (χ3v) is 3.42. The summed E-state index contributed by atoms with van der Waals surface area (Å²) in [5.41, 5.74) is 0.102. The van der Waals surface area contributed by atoms with Crippen molar-refractivity contribution in [1.82, 2.24) is 0 Å². The van der Waals surface area contributed by atoms with E-state index in [4.69, 9.17) is 28.5 Å². The Hall–Kier alpha value is -1.04. The molecule has 1 aromatic rings. The summed E-state index contributed by atoms with van der Waals surface area (Å²) in [6.45, 7) is 0. The van der Waals surface area contributed by atoms with E-state index in [0.29, 0.717) is 10.0 Å². The van der Waals surface area contributed by atoms with E-state index >= 15 is 0 Å². The minimum Gasteiger partial charge on any atom is -0.300 e. The zero-order chi connectivity index (χ0) is 11.1. The molecule has 1 fully saturated rings. The average Bonchev–Trinajstić information content (AvgIpc) is 2.17. The Morgan fingerprint density at radius 3 is 2.40 bits per heavy atom.